The van der Waals surface area contributed by atoms with Crippen LogP contribution in [0.25, 0.3) is 0 Å². The molecule has 0 saturated carbocycles. The minimum atomic E-state index is -2.17. The van der Waals surface area contributed by atoms with Crippen molar-refractivity contribution >= 4 is 29.3 Å². The van der Waals surface area contributed by atoms with Crippen LogP contribution in [0.4, 0.5) is 0 Å². The van der Waals surface area contributed by atoms with E-state index in [1.807, 2.05) is 0 Å². The van der Waals surface area contributed by atoms with E-state index in [0.717, 1.165) is 0 Å². The lowest BCUT2D eigenvalue weighted by molar-refractivity contribution is -0.107. The molecule has 0 unspecified atom stereocenters. The highest BCUT2D eigenvalue weighted by molar-refractivity contribution is 6.31. The van der Waals surface area contributed by atoms with E-state index >= 15 is 0 Å². The van der Waals surface area contributed by atoms with E-state index in [1.165, 1.54) is 0 Å². The molecule has 24 heavy (non-hydrogen) atoms. The highest BCUT2D eigenvalue weighted by Gasteiger charge is 2.31. The van der Waals surface area contributed by atoms with E-state index < -0.39 is 40.5 Å². The number of hydrogen-bond acceptors (Lipinski definition) is 14. The van der Waals surface area contributed by atoms with Crippen LogP contribution in [0, 0.1) is 0 Å². The Kier molecular flexibility index (Phi) is 27.7. The SMILES string of the molecule is CC(C)(O)C(C)(C)O.OB(O)O.OB(O)O.OB(O)O.OB(O)O. The third kappa shape index (κ3) is 123. The fourth-order valence-electron chi connectivity index (χ4n) is 0. The lowest BCUT2D eigenvalue weighted by Gasteiger charge is -2.31. The summed E-state index contributed by atoms with van der Waals surface area (Å²) in [5.74, 6) is 0. The van der Waals surface area contributed by atoms with Crippen molar-refractivity contribution in [2.45, 2.75) is 38.9 Å². The quantitative estimate of drug-likeness (QED) is 0.192. The molecule has 0 spiro atoms. The van der Waals surface area contributed by atoms with Gasteiger partial charge in [-0.05, 0) is 27.7 Å². The molecule has 0 atom stereocenters. The zero-order valence-corrected chi connectivity index (χ0v) is 13.6. The molecule has 0 rings (SSSR count). The summed E-state index contributed by atoms with van der Waals surface area (Å²) in [6.45, 7) is 6.31. The first-order valence-corrected chi connectivity index (χ1v) is 5.80. The van der Waals surface area contributed by atoms with E-state index in [0.29, 0.717) is 0 Å². The molecule has 0 bridgehead atoms. The van der Waals surface area contributed by atoms with Crippen molar-refractivity contribution in [3.8, 4) is 0 Å². The van der Waals surface area contributed by atoms with Gasteiger partial charge in [0.05, 0.1) is 11.2 Å². The van der Waals surface area contributed by atoms with Gasteiger partial charge in [0.1, 0.15) is 0 Å². The fraction of sp³-hybridized carbons (Fsp3) is 1.00. The Hall–Kier alpha value is -0.300. The van der Waals surface area contributed by atoms with E-state index in [-0.39, 0.29) is 0 Å². The van der Waals surface area contributed by atoms with Gasteiger partial charge in [-0.1, -0.05) is 0 Å². The smallest absolute Gasteiger partial charge is 0.402 e. The highest BCUT2D eigenvalue weighted by atomic mass is 16.5. The molecule has 0 aliphatic heterocycles. The Balaban J connectivity index is -0.0000000657. The second kappa shape index (κ2) is 19.0. The van der Waals surface area contributed by atoms with Crippen LogP contribution in [0.1, 0.15) is 27.7 Å². The van der Waals surface area contributed by atoms with E-state index in [1.54, 1.807) is 27.7 Å². The normalized spacial score (nSPS) is 9.25. The molecule has 0 fully saturated rings. The summed E-state index contributed by atoms with van der Waals surface area (Å²) in [6.07, 6.45) is 0. The van der Waals surface area contributed by atoms with Gasteiger partial charge in [0, 0.05) is 0 Å². The molecular weight excluding hydrogens is 339 g/mol. The van der Waals surface area contributed by atoms with Crippen molar-refractivity contribution in [1.82, 2.24) is 0 Å². The molecular formula is C6H26B4O14. The van der Waals surface area contributed by atoms with Crippen molar-refractivity contribution in [1.29, 1.82) is 0 Å². The maximum absolute atomic E-state index is 9.10. The fourth-order valence-corrected chi connectivity index (χ4v) is 0. The van der Waals surface area contributed by atoms with Crippen LogP contribution in [0.5, 0.6) is 0 Å². The maximum atomic E-state index is 9.10. The van der Waals surface area contributed by atoms with Crippen molar-refractivity contribution in [2.75, 3.05) is 0 Å². The third-order valence-corrected chi connectivity index (χ3v) is 1.50. The topological polar surface area (TPSA) is 283 Å². The Morgan fingerprint density at radius 3 is 0.417 bits per heavy atom. The first-order valence-electron chi connectivity index (χ1n) is 5.80. The van der Waals surface area contributed by atoms with Crippen LogP contribution in [0.2, 0.25) is 0 Å². The summed E-state index contributed by atoms with van der Waals surface area (Å²) in [5, 5.41) is 104. The van der Waals surface area contributed by atoms with Gasteiger partial charge >= 0.3 is 29.3 Å². The molecule has 0 aliphatic rings. The third-order valence-electron chi connectivity index (χ3n) is 1.50. The van der Waals surface area contributed by atoms with Gasteiger partial charge in [-0.3, -0.25) is 0 Å². The zero-order chi connectivity index (χ0) is 21.3. The van der Waals surface area contributed by atoms with Crippen LogP contribution >= 0.6 is 0 Å². The minimum Gasteiger partial charge on any atom is -0.402 e. The Morgan fingerprint density at radius 2 is 0.417 bits per heavy atom. The summed E-state index contributed by atoms with van der Waals surface area (Å²) in [7, 11) is -8.67. The van der Waals surface area contributed by atoms with Crippen LogP contribution in [0.3, 0.4) is 0 Å². The molecule has 18 heteroatoms. The molecule has 146 valence electrons. The van der Waals surface area contributed by atoms with E-state index in [9.17, 15) is 0 Å². The predicted octanol–water partition coefficient (Wildman–Crippen LogP) is -7.68. The van der Waals surface area contributed by atoms with Crippen molar-refractivity contribution in [3.05, 3.63) is 0 Å². The summed E-state index contributed by atoms with van der Waals surface area (Å²) in [5.41, 5.74) is -2.01. The molecule has 0 aromatic heterocycles. The maximum Gasteiger partial charge on any atom is 0.631 e. The van der Waals surface area contributed by atoms with Gasteiger partial charge in [0.2, 0.25) is 0 Å². The first kappa shape index (κ1) is 34.9. The molecule has 0 aromatic rings. The first-order chi connectivity index (χ1) is 10.2. The van der Waals surface area contributed by atoms with Gasteiger partial charge in [-0.15, -0.1) is 0 Å². The summed E-state index contributed by atoms with van der Waals surface area (Å²) >= 11 is 0. The monoisotopic (exact) mass is 366 g/mol. The molecule has 14 nitrogen and oxygen atoms in total. The van der Waals surface area contributed by atoms with Crippen LogP contribution in [-0.4, -0.2) is 111 Å². The number of hydrogen-bond donors (Lipinski definition) is 14. The molecule has 0 aromatic carbocycles. The molecule has 14 N–H and O–H groups in total. The van der Waals surface area contributed by atoms with Gasteiger partial charge < -0.3 is 70.5 Å². The molecule has 0 aliphatic carbocycles. The largest absolute Gasteiger partial charge is 0.631 e. The van der Waals surface area contributed by atoms with Crippen molar-refractivity contribution < 1.29 is 70.5 Å². The Morgan fingerprint density at radius 1 is 0.375 bits per heavy atom. The van der Waals surface area contributed by atoms with Gasteiger partial charge in [-0.2, -0.15) is 0 Å². The van der Waals surface area contributed by atoms with Crippen molar-refractivity contribution in [3.63, 3.8) is 0 Å². The van der Waals surface area contributed by atoms with Gasteiger partial charge in [0.25, 0.3) is 0 Å². The Bertz CT molecular complexity index is 179. The lowest BCUT2D eigenvalue weighted by atomic mass is 9.90. The van der Waals surface area contributed by atoms with Crippen LogP contribution in [0.15, 0.2) is 0 Å². The Labute approximate surface area is 139 Å². The van der Waals surface area contributed by atoms with E-state index in [4.69, 9.17) is 70.5 Å². The molecule has 0 heterocycles. The summed E-state index contributed by atoms with van der Waals surface area (Å²) in [4.78, 5) is 0. The van der Waals surface area contributed by atoms with Gasteiger partial charge in [0.15, 0.2) is 0 Å². The van der Waals surface area contributed by atoms with Crippen LogP contribution in [-0.2, 0) is 0 Å². The van der Waals surface area contributed by atoms with Gasteiger partial charge in [-0.25, -0.2) is 0 Å². The molecule has 0 amide bonds. The standard InChI is InChI=1S/C6H14O2.4BH3O3/c1-5(2,7)6(3,4)8;4*2-1(3)4/h7-8H,1-4H3;4*2-4H. The van der Waals surface area contributed by atoms with Crippen LogP contribution < -0.4 is 0 Å². The number of aliphatic hydroxyl groups is 2. The minimum absolute atomic E-state index is 1.01. The average Bonchev–Trinajstić information content (AvgIpc) is 2.08. The molecule has 0 saturated heterocycles. The predicted molar refractivity (Wildman–Crippen MR) is 82.2 cm³/mol. The zero-order valence-electron chi connectivity index (χ0n) is 13.6. The second-order valence-electron chi connectivity index (χ2n) is 4.50. The number of rotatable bonds is 1. The lowest BCUT2D eigenvalue weighted by Crippen LogP contribution is -2.44. The van der Waals surface area contributed by atoms with E-state index in [2.05, 4.69) is 0 Å². The summed E-state index contributed by atoms with van der Waals surface area (Å²) in [6, 6.07) is 0. The summed E-state index contributed by atoms with van der Waals surface area (Å²) < 4.78 is 0. The highest BCUT2D eigenvalue weighted by Crippen LogP contribution is 2.19. The average molecular weight is 366 g/mol. The second-order valence-corrected chi connectivity index (χ2v) is 4.50. The molecule has 0 radical (unpaired) electrons. The van der Waals surface area contributed by atoms with Crippen molar-refractivity contribution in [2.24, 2.45) is 0 Å².